The Balaban J connectivity index is 1.50. The van der Waals surface area contributed by atoms with Gasteiger partial charge in [-0.05, 0) is 42.0 Å². The van der Waals surface area contributed by atoms with E-state index in [-0.39, 0.29) is 11.7 Å². The third kappa shape index (κ3) is 4.19. The number of rotatable bonds is 6. The number of nitrogens with one attached hydrogen (secondary N) is 1. The van der Waals surface area contributed by atoms with Crippen molar-refractivity contribution >= 4 is 17.8 Å². The van der Waals surface area contributed by atoms with Crippen LogP contribution in [0.1, 0.15) is 30.3 Å². The highest BCUT2D eigenvalue weighted by Crippen LogP contribution is 2.28. The Kier molecular flexibility index (Phi) is 5.77. The van der Waals surface area contributed by atoms with E-state index in [1.165, 1.54) is 17.7 Å². The van der Waals surface area contributed by atoms with Gasteiger partial charge < -0.3 is 9.88 Å². The second kappa shape index (κ2) is 8.63. The fourth-order valence-electron chi connectivity index (χ4n) is 3.77. The smallest absolute Gasteiger partial charge is 0.224 e. The summed E-state index contributed by atoms with van der Waals surface area (Å²) >= 11 is 0. The number of anilines is 1. The summed E-state index contributed by atoms with van der Waals surface area (Å²) in [5.41, 5.74) is 5.09. The van der Waals surface area contributed by atoms with Crippen LogP contribution in [0.5, 0.6) is 0 Å². The molecule has 1 aliphatic heterocycles. The molecular formula is C24H25FN4O. The molecule has 0 radical (unpaired) electrons. The van der Waals surface area contributed by atoms with Crippen LogP contribution in [-0.4, -0.2) is 26.9 Å². The molecule has 0 bridgehead atoms. The normalized spacial score (nSPS) is 13.7. The third-order valence-electron chi connectivity index (χ3n) is 5.38. The summed E-state index contributed by atoms with van der Waals surface area (Å²) in [7, 11) is 0. The molecule has 5 nitrogen and oxygen atoms in total. The van der Waals surface area contributed by atoms with Crippen molar-refractivity contribution in [3.63, 3.8) is 0 Å². The predicted molar refractivity (Wildman–Crippen MR) is 117 cm³/mol. The van der Waals surface area contributed by atoms with E-state index in [1.807, 2.05) is 23.6 Å². The molecule has 2 heterocycles. The second-order valence-electron chi connectivity index (χ2n) is 7.45. The van der Waals surface area contributed by atoms with Gasteiger partial charge in [0.1, 0.15) is 11.6 Å². The van der Waals surface area contributed by atoms with Crippen molar-refractivity contribution in [2.75, 3.05) is 11.9 Å². The Bertz CT molecular complexity index is 1050. The lowest BCUT2D eigenvalue weighted by atomic mass is 10.1. The monoisotopic (exact) mass is 404 g/mol. The lowest BCUT2D eigenvalue weighted by molar-refractivity contribution is -0.115. The number of carbonyl (C=O) groups is 1. The van der Waals surface area contributed by atoms with Crippen LogP contribution in [0.4, 0.5) is 10.1 Å². The maximum absolute atomic E-state index is 13.3. The van der Waals surface area contributed by atoms with Gasteiger partial charge in [-0.1, -0.05) is 25.6 Å². The number of halogens is 1. The second-order valence-corrected chi connectivity index (χ2v) is 7.45. The van der Waals surface area contributed by atoms with E-state index in [1.54, 1.807) is 18.3 Å². The molecule has 0 saturated carbocycles. The highest BCUT2D eigenvalue weighted by Gasteiger charge is 2.24. The van der Waals surface area contributed by atoms with Gasteiger partial charge in [-0.2, -0.15) is 0 Å². The topological polar surface area (TPSA) is 50.2 Å². The van der Waals surface area contributed by atoms with E-state index in [0.29, 0.717) is 6.42 Å². The fourth-order valence-corrected chi connectivity index (χ4v) is 3.77. The van der Waals surface area contributed by atoms with Crippen LogP contribution in [0.15, 0.2) is 55.1 Å². The molecule has 1 aliphatic rings. The van der Waals surface area contributed by atoms with E-state index in [2.05, 4.69) is 28.9 Å². The van der Waals surface area contributed by atoms with E-state index >= 15 is 0 Å². The van der Waals surface area contributed by atoms with Gasteiger partial charge in [0.25, 0.3) is 0 Å². The molecule has 1 amide bonds. The SMILES string of the molecule is C=Cn1c(-c2ccc(F)cc2)nc2c1CN(Cc1ccc(NC(=O)CC)cc1)CC2. The van der Waals surface area contributed by atoms with Gasteiger partial charge in [0, 0.05) is 49.9 Å². The van der Waals surface area contributed by atoms with Gasteiger partial charge in [-0.3, -0.25) is 9.69 Å². The fraction of sp³-hybridized carbons (Fsp3) is 0.250. The summed E-state index contributed by atoms with van der Waals surface area (Å²) in [4.78, 5) is 18.7. The molecule has 0 atom stereocenters. The van der Waals surface area contributed by atoms with Crippen molar-refractivity contribution in [3.05, 3.63) is 77.9 Å². The first-order chi connectivity index (χ1) is 14.6. The molecule has 3 aromatic rings. The van der Waals surface area contributed by atoms with E-state index in [9.17, 15) is 9.18 Å². The molecule has 4 rings (SSSR count). The van der Waals surface area contributed by atoms with Crippen LogP contribution in [0.2, 0.25) is 0 Å². The van der Waals surface area contributed by atoms with Crippen molar-refractivity contribution in [1.29, 1.82) is 0 Å². The Morgan fingerprint density at radius 1 is 1.20 bits per heavy atom. The minimum absolute atomic E-state index is 0.0148. The zero-order valence-electron chi connectivity index (χ0n) is 17.1. The highest BCUT2D eigenvalue weighted by molar-refractivity contribution is 5.90. The van der Waals surface area contributed by atoms with Crippen LogP contribution < -0.4 is 5.32 Å². The first-order valence-electron chi connectivity index (χ1n) is 10.2. The summed E-state index contributed by atoms with van der Waals surface area (Å²) in [5.74, 6) is 0.556. The lowest BCUT2D eigenvalue weighted by Crippen LogP contribution is -2.30. The minimum atomic E-state index is -0.258. The van der Waals surface area contributed by atoms with Crippen molar-refractivity contribution in [1.82, 2.24) is 14.5 Å². The first kappa shape index (κ1) is 20.0. The number of hydrogen-bond donors (Lipinski definition) is 1. The number of nitrogens with zero attached hydrogens (tertiary/aromatic N) is 3. The van der Waals surface area contributed by atoms with Crippen molar-refractivity contribution < 1.29 is 9.18 Å². The quantitative estimate of drug-likeness (QED) is 0.648. The molecule has 1 aromatic heterocycles. The van der Waals surface area contributed by atoms with E-state index < -0.39 is 0 Å². The standard InChI is InChI=1S/C24H25FN4O/c1-3-23(30)26-20-11-5-17(6-12-20)15-28-14-13-21-22(16-28)29(4-2)24(27-21)18-7-9-19(25)10-8-18/h4-12H,2-3,13-16H2,1H3,(H,26,30). The molecule has 1 N–H and O–H groups in total. The molecule has 0 unspecified atom stereocenters. The third-order valence-corrected chi connectivity index (χ3v) is 5.38. The van der Waals surface area contributed by atoms with Crippen molar-refractivity contribution in [3.8, 4) is 11.4 Å². The number of aromatic nitrogens is 2. The van der Waals surface area contributed by atoms with Crippen LogP contribution in [0.25, 0.3) is 17.6 Å². The van der Waals surface area contributed by atoms with Gasteiger partial charge in [0.05, 0.1) is 11.4 Å². The average molecular weight is 404 g/mol. The number of benzene rings is 2. The van der Waals surface area contributed by atoms with Gasteiger partial charge in [0.15, 0.2) is 0 Å². The van der Waals surface area contributed by atoms with Crippen molar-refractivity contribution in [2.45, 2.75) is 32.9 Å². The summed E-state index contributed by atoms with van der Waals surface area (Å²) in [6, 6.07) is 14.4. The van der Waals surface area contributed by atoms with Gasteiger partial charge >= 0.3 is 0 Å². The number of hydrogen-bond acceptors (Lipinski definition) is 3. The molecule has 0 saturated heterocycles. The molecule has 0 fully saturated rings. The van der Waals surface area contributed by atoms with Crippen LogP contribution >= 0.6 is 0 Å². The van der Waals surface area contributed by atoms with Gasteiger partial charge in [0.2, 0.25) is 5.91 Å². The summed E-state index contributed by atoms with van der Waals surface area (Å²) in [6.07, 6.45) is 3.10. The number of amides is 1. The largest absolute Gasteiger partial charge is 0.326 e. The highest BCUT2D eigenvalue weighted by atomic mass is 19.1. The maximum atomic E-state index is 13.3. The van der Waals surface area contributed by atoms with E-state index in [0.717, 1.165) is 54.5 Å². The Morgan fingerprint density at radius 3 is 2.60 bits per heavy atom. The molecular weight excluding hydrogens is 379 g/mol. The van der Waals surface area contributed by atoms with Crippen molar-refractivity contribution in [2.24, 2.45) is 0 Å². The summed E-state index contributed by atoms with van der Waals surface area (Å²) < 4.78 is 15.3. The Morgan fingerprint density at radius 2 is 1.93 bits per heavy atom. The van der Waals surface area contributed by atoms with E-state index in [4.69, 9.17) is 4.98 Å². The molecule has 154 valence electrons. The molecule has 30 heavy (non-hydrogen) atoms. The molecule has 6 heteroatoms. The zero-order valence-corrected chi connectivity index (χ0v) is 17.1. The minimum Gasteiger partial charge on any atom is -0.326 e. The molecule has 0 aliphatic carbocycles. The summed E-state index contributed by atoms with van der Waals surface area (Å²) in [6.45, 7) is 8.30. The number of imidazole rings is 1. The van der Waals surface area contributed by atoms with Gasteiger partial charge in [-0.15, -0.1) is 0 Å². The summed E-state index contributed by atoms with van der Waals surface area (Å²) in [5, 5.41) is 2.87. The van der Waals surface area contributed by atoms with Gasteiger partial charge in [-0.25, -0.2) is 9.37 Å². The molecule has 2 aromatic carbocycles. The zero-order chi connectivity index (χ0) is 21.1. The number of fused-ring (bicyclic) bond motifs is 1. The van der Waals surface area contributed by atoms with Crippen LogP contribution in [0, 0.1) is 5.82 Å². The predicted octanol–water partition coefficient (Wildman–Crippen LogP) is 4.70. The lowest BCUT2D eigenvalue weighted by Gasteiger charge is -2.27. The average Bonchev–Trinajstić information content (AvgIpc) is 3.13. The Hall–Kier alpha value is -3.25. The van der Waals surface area contributed by atoms with Crippen LogP contribution in [0.3, 0.4) is 0 Å². The number of carbonyl (C=O) groups excluding carboxylic acids is 1. The van der Waals surface area contributed by atoms with Crippen LogP contribution in [-0.2, 0) is 24.3 Å². The molecule has 0 spiro atoms. The maximum Gasteiger partial charge on any atom is 0.224 e. The Labute approximate surface area is 175 Å². The first-order valence-corrected chi connectivity index (χ1v) is 10.2.